The number of hydrogen-bond acceptors (Lipinski definition) is 5. The molecular formula is C24H21FN4O2S. The van der Waals surface area contributed by atoms with Crippen LogP contribution in [0.4, 0.5) is 10.1 Å². The molecule has 4 aromatic rings. The topological polar surface area (TPSA) is 79.9 Å². The third-order valence-electron chi connectivity index (χ3n) is 4.64. The lowest BCUT2D eigenvalue weighted by molar-refractivity contribution is -0.115. The predicted octanol–water partition coefficient (Wildman–Crippen LogP) is 5.30. The Kier molecular flexibility index (Phi) is 6.81. The first kappa shape index (κ1) is 21.6. The molecule has 0 saturated heterocycles. The van der Waals surface area contributed by atoms with E-state index >= 15 is 0 Å². The number of para-hydroxylation sites is 1. The van der Waals surface area contributed by atoms with Crippen LogP contribution in [0, 0.1) is 12.7 Å². The maximum atomic E-state index is 13.2. The monoisotopic (exact) mass is 448 g/mol. The Labute approximate surface area is 189 Å². The van der Waals surface area contributed by atoms with Crippen LogP contribution in [0.25, 0.3) is 0 Å². The van der Waals surface area contributed by atoms with Crippen molar-refractivity contribution < 1.29 is 13.9 Å². The number of anilines is 1. The maximum absolute atomic E-state index is 13.2. The highest BCUT2D eigenvalue weighted by molar-refractivity contribution is 8.00. The van der Waals surface area contributed by atoms with Gasteiger partial charge in [-0.25, -0.2) is 9.37 Å². The van der Waals surface area contributed by atoms with Crippen LogP contribution in [-0.2, 0) is 11.4 Å². The Morgan fingerprint density at radius 1 is 1.06 bits per heavy atom. The SMILES string of the molecule is Cc1ccccc1OCc1nc(SC(C(=O)Nc2ccc(F)cc2)c2ccccc2)n[nH]1. The van der Waals surface area contributed by atoms with Gasteiger partial charge < -0.3 is 10.1 Å². The van der Waals surface area contributed by atoms with E-state index in [9.17, 15) is 9.18 Å². The fraction of sp³-hybridized carbons (Fsp3) is 0.125. The number of amides is 1. The van der Waals surface area contributed by atoms with Crippen LogP contribution < -0.4 is 10.1 Å². The number of benzene rings is 3. The van der Waals surface area contributed by atoms with Crippen molar-refractivity contribution in [2.75, 3.05) is 5.32 Å². The largest absolute Gasteiger partial charge is 0.485 e. The molecule has 162 valence electrons. The van der Waals surface area contributed by atoms with Gasteiger partial charge in [-0.15, -0.1) is 5.10 Å². The highest BCUT2D eigenvalue weighted by Gasteiger charge is 2.24. The first-order valence-electron chi connectivity index (χ1n) is 9.96. The second-order valence-corrected chi connectivity index (χ2v) is 8.10. The van der Waals surface area contributed by atoms with Crippen LogP contribution >= 0.6 is 11.8 Å². The summed E-state index contributed by atoms with van der Waals surface area (Å²) in [6.45, 7) is 2.21. The fourth-order valence-corrected chi connectivity index (χ4v) is 3.94. The number of nitrogens with zero attached hydrogens (tertiary/aromatic N) is 2. The van der Waals surface area contributed by atoms with E-state index in [0.717, 1.165) is 16.9 Å². The van der Waals surface area contributed by atoms with Crippen molar-refractivity contribution in [1.29, 1.82) is 0 Å². The third kappa shape index (κ3) is 5.53. The van der Waals surface area contributed by atoms with Crippen LogP contribution in [0.1, 0.15) is 22.2 Å². The number of hydrogen-bond donors (Lipinski definition) is 2. The lowest BCUT2D eigenvalue weighted by Gasteiger charge is -2.15. The molecule has 8 heteroatoms. The van der Waals surface area contributed by atoms with E-state index in [1.165, 1.54) is 36.0 Å². The van der Waals surface area contributed by atoms with Crippen LogP contribution in [0.2, 0.25) is 0 Å². The Bertz CT molecular complexity index is 1180. The number of thioether (sulfide) groups is 1. The van der Waals surface area contributed by atoms with Crippen molar-refractivity contribution >= 4 is 23.4 Å². The molecule has 0 spiro atoms. The van der Waals surface area contributed by atoms with E-state index in [2.05, 4.69) is 20.5 Å². The lowest BCUT2D eigenvalue weighted by atomic mass is 10.1. The Balaban J connectivity index is 1.47. The number of ether oxygens (including phenoxy) is 1. The summed E-state index contributed by atoms with van der Waals surface area (Å²) >= 11 is 1.22. The van der Waals surface area contributed by atoms with Gasteiger partial charge in [0.2, 0.25) is 11.1 Å². The molecule has 3 aromatic carbocycles. The zero-order valence-corrected chi connectivity index (χ0v) is 18.1. The van der Waals surface area contributed by atoms with Crippen molar-refractivity contribution in [2.45, 2.75) is 23.9 Å². The van der Waals surface area contributed by atoms with Gasteiger partial charge in [-0.05, 0) is 48.4 Å². The molecule has 4 rings (SSSR count). The summed E-state index contributed by atoms with van der Waals surface area (Å²) in [7, 11) is 0. The summed E-state index contributed by atoms with van der Waals surface area (Å²) in [6.07, 6.45) is 0. The predicted molar refractivity (Wildman–Crippen MR) is 122 cm³/mol. The summed E-state index contributed by atoms with van der Waals surface area (Å²) in [5.41, 5.74) is 2.35. The van der Waals surface area contributed by atoms with Crippen molar-refractivity contribution in [3.05, 3.63) is 102 Å². The van der Waals surface area contributed by atoms with Gasteiger partial charge in [-0.2, -0.15) is 0 Å². The number of carbonyl (C=O) groups excluding carboxylic acids is 1. The number of aryl methyl sites for hydroxylation is 1. The quantitative estimate of drug-likeness (QED) is 0.358. The Morgan fingerprint density at radius 3 is 2.53 bits per heavy atom. The highest BCUT2D eigenvalue weighted by atomic mass is 32.2. The molecule has 32 heavy (non-hydrogen) atoms. The molecule has 0 bridgehead atoms. The van der Waals surface area contributed by atoms with E-state index in [4.69, 9.17) is 4.74 Å². The molecule has 0 radical (unpaired) electrons. The number of H-pyrrole nitrogens is 1. The molecule has 1 aromatic heterocycles. The smallest absolute Gasteiger partial charge is 0.242 e. The van der Waals surface area contributed by atoms with Crippen molar-refractivity contribution in [3.8, 4) is 5.75 Å². The molecule has 0 saturated carbocycles. The minimum Gasteiger partial charge on any atom is -0.485 e. The normalized spacial score (nSPS) is 11.7. The van der Waals surface area contributed by atoms with Gasteiger partial charge in [0.15, 0.2) is 5.82 Å². The molecule has 1 unspecified atom stereocenters. The number of nitrogens with one attached hydrogen (secondary N) is 2. The van der Waals surface area contributed by atoms with E-state index < -0.39 is 5.25 Å². The molecule has 1 heterocycles. The summed E-state index contributed by atoms with van der Waals surface area (Å²) in [5, 5.41) is 9.76. The molecule has 1 amide bonds. The minimum atomic E-state index is -0.595. The third-order valence-corrected chi connectivity index (χ3v) is 5.76. The molecule has 0 aliphatic heterocycles. The van der Waals surface area contributed by atoms with E-state index in [-0.39, 0.29) is 18.3 Å². The van der Waals surface area contributed by atoms with Crippen LogP contribution in [0.15, 0.2) is 84.0 Å². The molecular weight excluding hydrogens is 427 g/mol. The molecule has 0 aliphatic carbocycles. The molecule has 0 aliphatic rings. The number of rotatable bonds is 8. The minimum absolute atomic E-state index is 0.232. The first-order valence-corrected chi connectivity index (χ1v) is 10.8. The van der Waals surface area contributed by atoms with Gasteiger partial charge in [0, 0.05) is 5.69 Å². The van der Waals surface area contributed by atoms with Gasteiger partial charge >= 0.3 is 0 Å². The summed E-state index contributed by atoms with van der Waals surface area (Å²) in [6, 6.07) is 22.7. The van der Waals surface area contributed by atoms with E-state index in [1.54, 1.807) is 0 Å². The van der Waals surface area contributed by atoms with E-state index in [1.807, 2.05) is 61.5 Å². The maximum Gasteiger partial charge on any atom is 0.242 e. The highest BCUT2D eigenvalue weighted by Crippen LogP contribution is 2.34. The number of aromatic amines is 1. The van der Waals surface area contributed by atoms with Crippen LogP contribution in [-0.4, -0.2) is 21.1 Å². The van der Waals surface area contributed by atoms with Crippen LogP contribution in [0.3, 0.4) is 0 Å². The Hall–Kier alpha value is -3.65. The van der Waals surface area contributed by atoms with Gasteiger partial charge in [-0.1, -0.05) is 60.3 Å². The number of halogens is 1. The molecule has 0 fully saturated rings. The zero-order valence-electron chi connectivity index (χ0n) is 17.3. The Morgan fingerprint density at radius 2 is 1.78 bits per heavy atom. The average molecular weight is 449 g/mol. The van der Waals surface area contributed by atoms with Gasteiger partial charge in [0.05, 0.1) is 0 Å². The fourth-order valence-electron chi connectivity index (χ4n) is 3.01. The zero-order chi connectivity index (χ0) is 22.3. The second kappa shape index (κ2) is 10.1. The van der Waals surface area contributed by atoms with Gasteiger partial charge in [0.25, 0.3) is 0 Å². The summed E-state index contributed by atoms with van der Waals surface area (Å²) < 4.78 is 19.0. The first-order chi connectivity index (χ1) is 15.6. The van der Waals surface area contributed by atoms with Gasteiger partial charge in [-0.3, -0.25) is 9.89 Å². The van der Waals surface area contributed by atoms with Crippen molar-refractivity contribution in [3.63, 3.8) is 0 Å². The number of aromatic nitrogens is 3. The van der Waals surface area contributed by atoms with Gasteiger partial charge in [0.1, 0.15) is 23.4 Å². The molecule has 6 nitrogen and oxygen atoms in total. The summed E-state index contributed by atoms with van der Waals surface area (Å²) in [4.78, 5) is 17.5. The van der Waals surface area contributed by atoms with Crippen molar-refractivity contribution in [1.82, 2.24) is 15.2 Å². The van der Waals surface area contributed by atoms with Crippen LogP contribution in [0.5, 0.6) is 5.75 Å². The standard InChI is InChI=1S/C24H21FN4O2S/c1-16-7-5-6-10-20(16)31-15-21-27-24(29-28-21)32-22(17-8-3-2-4-9-17)23(30)26-19-13-11-18(25)12-14-19/h2-14,22H,15H2,1H3,(H,26,30)(H,27,28,29). The summed E-state index contributed by atoms with van der Waals surface area (Å²) in [5.74, 6) is 0.717. The second-order valence-electron chi connectivity index (χ2n) is 7.02. The lowest BCUT2D eigenvalue weighted by Crippen LogP contribution is -2.19. The number of carbonyl (C=O) groups is 1. The average Bonchev–Trinajstić information content (AvgIpc) is 3.26. The van der Waals surface area contributed by atoms with E-state index in [0.29, 0.717) is 16.7 Å². The van der Waals surface area contributed by atoms with Crippen molar-refractivity contribution in [2.24, 2.45) is 0 Å². The molecule has 1 atom stereocenters. The molecule has 2 N–H and O–H groups in total.